The van der Waals surface area contributed by atoms with Crippen LogP contribution < -0.4 is 0 Å². The summed E-state index contributed by atoms with van der Waals surface area (Å²) < 4.78 is 11.9. The Morgan fingerprint density at radius 1 is 1.00 bits per heavy atom. The third kappa shape index (κ3) is 2.89. The van der Waals surface area contributed by atoms with Crippen LogP contribution in [0.2, 0.25) is 0 Å². The molecule has 1 aromatic carbocycles. The van der Waals surface area contributed by atoms with Gasteiger partial charge < -0.3 is 9.47 Å². The number of Topliss-reactive ketones (excluding diaryl/α,β-unsaturated/α-hetero) is 2. The average Bonchev–Trinajstić information content (AvgIpc) is 3.20. The van der Waals surface area contributed by atoms with Gasteiger partial charge in [0.25, 0.3) is 0 Å². The first kappa shape index (κ1) is 18.8. The Kier molecular flexibility index (Phi) is 4.36. The van der Waals surface area contributed by atoms with E-state index in [1.807, 2.05) is 13.8 Å². The van der Waals surface area contributed by atoms with Crippen LogP contribution in [-0.4, -0.2) is 29.6 Å². The largest absolute Gasteiger partial charge is 0.347 e. The minimum atomic E-state index is -0.633. The van der Waals surface area contributed by atoms with Crippen LogP contribution >= 0.6 is 0 Å². The lowest BCUT2D eigenvalue weighted by atomic mass is 9.82. The number of hydrogen-bond acceptors (Lipinski definition) is 4. The number of ether oxygens (including phenoxy) is 2. The van der Waals surface area contributed by atoms with Crippen LogP contribution in [0.15, 0.2) is 12.1 Å². The molecule has 1 heterocycles. The number of rotatable bonds is 3. The molecular formula is C23H30O4. The highest BCUT2D eigenvalue weighted by atomic mass is 16.8. The lowest BCUT2D eigenvalue weighted by molar-refractivity contribution is -0.162. The Labute approximate surface area is 161 Å². The fourth-order valence-corrected chi connectivity index (χ4v) is 5.62. The molecular weight excluding hydrogens is 340 g/mol. The summed E-state index contributed by atoms with van der Waals surface area (Å²) in [5.74, 6) is -1.47. The van der Waals surface area contributed by atoms with E-state index in [9.17, 15) is 9.59 Å². The smallest absolute Gasteiger partial charge is 0.163 e. The van der Waals surface area contributed by atoms with Crippen LogP contribution in [0.5, 0.6) is 0 Å². The molecule has 4 rings (SSSR count). The summed E-state index contributed by atoms with van der Waals surface area (Å²) in [6.45, 7) is 10.6. The maximum Gasteiger partial charge on any atom is 0.163 e. The summed E-state index contributed by atoms with van der Waals surface area (Å²) in [6, 6.07) is 4.28. The second kappa shape index (κ2) is 6.25. The molecule has 1 spiro atoms. The van der Waals surface area contributed by atoms with E-state index in [0.717, 1.165) is 29.5 Å². The Morgan fingerprint density at radius 2 is 1.52 bits per heavy atom. The molecule has 3 aliphatic rings. The Balaban J connectivity index is 1.69. The van der Waals surface area contributed by atoms with E-state index in [4.69, 9.17) is 9.47 Å². The second-order valence-electron chi connectivity index (χ2n) is 9.04. The number of fused-ring (bicyclic) bond motifs is 1. The zero-order valence-corrected chi connectivity index (χ0v) is 17.1. The number of carbonyl (C=O) groups is 2. The molecule has 1 aromatic rings. The van der Waals surface area contributed by atoms with Crippen molar-refractivity contribution in [1.29, 1.82) is 0 Å². The third-order valence-corrected chi connectivity index (χ3v) is 6.66. The fraction of sp³-hybridized carbons (Fsp3) is 0.652. The minimum Gasteiger partial charge on any atom is -0.347 e. The summed E-state index contributed by atoms with van der Waals surface area (Å²) in [6.07, 6.45) is 2.89. The van der Waals surface area contributed by atoms with Gasteiger partial charge in [0.05, 0.1) is 12.2 Å². The summed E-state index contributed by atoms with van der Waals surface area (Å²) in [5, 5.41) is 0. The van der Waals surface area contributed by atoms with Crippen molar-refractivity contribution in [2.75, 3.05) is 6.61 Å². The first-order chi connectivity index (χ1) is 12.7. The van der Waals surface area contributed by atoms with E-state index in [0.29, 0.717) is 19.4 Å². The monoisotopic (exact) mass is 370 g/mol. The summed E-state index contributed by atoms with van der Waals surface area (Å²) in [7, 11) is 0. The van der Waals surface area contributed by atoms with Crippen LogP contribution in [0.25, 0.3) is 0 Å². The lowest BCUT2D eigenvalue weighted by Crippen LogP contribution is -2.34. The molecule has 0 amide bonds. The summed E-state index contributed by atoms with van der Waals surface area (Å²) in [5.41, 5.74) is 4.02. The molecule has 3 fully saturated rings. The molecule has 0 radical (unpaired) electrons. The molecule has 2 atom stereocenters. The van der Waals surface area contributed by atoms with Gasteiger partial charge in [0.15, 0.2) is 17.4 Å². The number of carbonyl (C=O) groups excluding carboxylic acids is 2. The third-order valence-electron chi connectivity index (χ3n) is 6.66. The fourth-order valence-electron chi connectivity index (χ4n) is 5.62. The van der Waals surface area contributed by atoms with E-state index < -0.39 is 17.3 Å². The van der Waals surface area contributed by atoms with E-state index in [1.165, 1.54) is 5.56 Å². The zero-order valence-electron chi connectivity index (χ0n) is 17.1. The molecule has 2 aliphatic carbocycles. The predicted octanol–water partition coefficient (Wildman–Crippen LogP) is 3.90. The van der Waals surface area contributed by atoms with Crippen LogP contribution in [0.1, 0.15) is 68.7 Å². The molecule has 2 saturated carbocycles. The van der Waals surface area contributed by atoms with E-state index >= 15 is 0 Å². The second-order valence-corrected chi connectivity index (χ2v) is 9.04. The first-order valence-electron chi connectivity index (χ1n) is 10.2. The molecule has 27 heavy (non-hydrogen) atoms. The van der Waals surface area contributed by atoms with Crippen LogP contribution in [-0.2, 0) is 31.9 Å². The number of hydrogen-bond donors (Lipinski definition) is 0. The van der Waals surface area contributed by atoms with Gasteiger partial charge >= 0.3 is 0 Å². The van der Waals surface area contributed by atoms with Crippen molar-refractivity contribution < 1.29 is 19.1 Å². The summed E-state index contributed by atoms with van der Waals surface area (Å²) >= 11 is 0. The van der Waals surface area contributed by atoms with Crippen molar-refractivity contribution in [2.24, 2.45) is 11.8 Å². The maximum absolute atomic E-state index is 13.4. The number of ketones is 2. The molecule has 1 saturated heterocycles. The normalized spacial score (nSPS) is 34.6. The quantitative estimate of drug-likeness (QED) is 0.757. The van der Waals surface area contributed by atoms with Crippen LogP contribution in [0, 0.1) is 18.8 Å². The predicted molar refractivity (Wildman–Crippen MR) is 103 cm³/mol. The molecule has 4 nitrogen and oxygen atoms in total. The molecule has 4 heteroatoms. The molecule has 0 bridgehead atoms. The van der Waals surface area contributed by atoms with Crippen molar-refractivity contribution in [3.8, 4) is 0 Å². The van der Waals surface area contributed by atoms with Crippen LogP contribution in [0.4, 0.5) is 0 Å². The Bertz CT molecular complexity index is 758. The number of benzene rings is 1. The van der Waals surface area contributed by atoms with Crippen molar-refractivity contribution >= 4 is 11.6 Å². The molecule has 2 unspecified atom stereocenters. The van der Waals surface area contributed by atoms with Gasteiger partial charge in [-0.05, 0) is 63.1 Å². The lowest BCUT2D eigenvalue weighted by Gasteiger charge is -2.26. The van der Waals surface area contributed by atoms with Gasteiger partial charge in [-0.25, -0.2) is 0 Å². The molecule has 146 valence electrons. The van der Waals surface area contributed by atoms with Crippen molar-refractivity contribution in [3.05, 3.63) is 34.4 Å². The van der Waals surface area contributed by atoms with Gasteiger partial charge in [-0.2, -0.15) is 0 Å². The minimum absolute atomic E-state index is 0.100. The van der Waals surface area contributed by atoms with E-state index in [2.05, 4.69) is 32.9 Å². The average molecular weight is 370 g/mol. The van der Waals surface area contributed by atoms with Gasteiger partial charge in [-0.1, -0.05) is 31.5 Å². The molecule has 0 aromatic heterocycles. The van der Waals surface area contributed by atoms with Crippen molar-refractivity contribution in [2.45, 2.75) is 77.6 Å². The van der Waals surface area contributed by atoms with Crippen molar-refractivity contribution in [3.63, 3.8) is 0 Å². The first-order valence-corrected chi connectivity index (χ1v) is 10.2. The van der Waals surface area contributed by atoms with Crippen molar-refractivity contribution in [1.82, 2.24) is 0 Å². The summed E-state index contributed by atoms with van der Waals surface area (Å²) in [4.78, 5) is 26.8. The topological polar surface area (TPSA) is 52.6 Å². The van der Waals surface area contributed by atoms with Gasteiger partial charge in [0.1, 0.15) is 5.92 Å². The highest BCUT2D eigenvalue weighted by molar-refractivity contribution is 6.16. The van der Waals surface area contributed by atoms with Gasteiger partial charge in [0.2, 0.25) is 0 Å². The number of aryl methyl sites for hydroxylation is 3. The Morgan fingerprint density at radius 3 is 1.93 bits per heavy atom. The van der Waals surface area contributed by atoms with E-state index in [-0.39, 0.29) is 23.4 Å². The van der Waals surface area contributed by atoms with Crippen LogP contribution in [0.3, 0.4) is 0 Å². The van der Waals surface area contributed by atoms with Gasteiger partial charge in [0, 0.05) is 11.8 Å². The molecule has 1 aliphatic heterocycles. The Hall–Kier alpha value is -1.52. The standard InChI is InChI=1S/C23H30O4/c1-6-14-8-13(3)9-15(7-2)18(14)19-20(24)16-10-23(11-17(16)21(19)25)12-26-22(4,5)27-23/h8-9,16-17,19H,6-7,10-12H2,1-5H3. The zero-order chi connectivity index (χ0) is 19.6. The van der Waals surface area contributed by atoms with E-state index in [1.54, 1.807) is 0 Å². The van der Waals surface area contributed by atoms with Gasteiger partial charge in [-0.3, -0.25) is 9.59 Å². The maximum atomic E-state index is 13.4. The van der Waals surface area contributed by atoms with Gasteiger partial charge in [-0.15, -0.1) is 0 Å². The highest BCUT2D eigenvalue weighted by Gasteiger charge is 2.62. The molecule has 0 N–H and O–H groups in total. The SMILES string of the molecule is CCc1cc(C)cc(CC)c1C1C(=O)C2CC3(COC(C)(C)O3)CC2C1=O. The highest BCUT2D eigenvalue weighted by Crippen LogP contribution is 2.54.